The maximum Gasteiger partial charge on any atom is 0.254 e. The number of nitrogens with zero attached hydrogens (tertiary/aromatic N) is 2. The van der Waals surface area contributed by atoms with Crippen molar-refractivity contribution in [1.82, 2.24) is 9.97 Å². The van der Waals surface area contributed by atoms with E-state index >= 15 is 0 Å². The summed E-state index contributed by atoms with van der Waals surface area (Å²) in [5, 5.41) is 16.5. The number of aliphatic hydroxyl groups is 1. The number of carbonyl (C=O) groups is 1. The van der Waals surface area contributed by atoms with Gasteiger partial charge in [-0.25, -0.2) is 4.98 Å². The molecule has 2 aliphatic carbocycles. The molecular weight excluding hydrogens is 294 g/mol. The molecule has 3 rings (SSSR count). The predicted molar refractivity (Wildman–Crippen MR) is 88.2 cm³/mol. The first-order valence-electron chi connectivity index (χ1n) is 8.38. The summed E-state index contributed by atoms with van der Waals surface area (Å²) in [5.74, 6) is 1.43. The van der Waals surface area contributed by atoms with Gasteiger partial charge in [0.15, 0.2) is 0 Å². The molecule has 0 radical (unpaired) electrons. The molecule has 2 fully saturated rings. The van der Waals surface area contributed by atoms with E-state index in [9.17, 15) is 9.90 Å². The number of amides is 1. The lowest BCUT2D eigenvalue weighted by Gasteiger charge is -2.32. The molecule has 23 heavy (non-hydrogen) atoms. The van der Waals surface area contributed by atoms with Crippen LogP contribution in [0.15, 0.2) is 6.20 Å². The summed E-state index contributed by atoms with van der Waals surface area (Å²) < 4.78 is 0. The zero-order valence-corrected chi connectivity index (χ0v) is 13.5. The lowest BCUT2D eigenvalue weighted by Crippen LogP contribution is -2.35. The van der Waals surface area contributed by atoms with Crippen LogP contribution < -0.4 is 16.4 Å². The second-order valence-corrected chi connectivity index (χ2v) is 6.84. The van der Waals surface area contributed by atoms with E-state index in [1.54, 1.807) is 0 Å². The number of hydrogen-bond donors (Lipinski definition) is 4. The van der Waals surface area contributed by atoms with E-state index in [2.05, 4.69) is 27.5 Å². The van der Waals surface area contributed by atoms with Crippen LogP contribution in [0.25, 0.3) is 0 Å². The van der Waals surface area contributed by atoms with Crippen LogP contribution in [0.2, 0.25) is 0 Å². The van der Waals surface area contributed by atoms with Crippen LogP contribution in [0.5, 0.6) is 0 Å². The van der Waals surface area contributed by atoms with Crippen molar-refractivity contribution < 1.29 is 9.90 Å². The fourth-order valence-corrected chi connectivity index (χ4v) is 2.94. The lowest BCUT2D eigenvalue weighted by atomic mass is 9.85. The Kier molecular flexibility index (Phi) is 4.66. The highest BCUT2D eigenvalue weighted by molar-refractivity contribution is 5.97. The number of hydrogen-bond acceptors (Lipinski definition) is 6. The van der Waals surface area contributed by atoms with Crippen LogP contribution in [-0.4, -0.2) is 39.7 Å². The summed E-state index contributed by atoms with van der Waals surface area (Å²) in [6, 6.07) is 0.0884. The largest absolute Gasteiger partial charge is 0.393 e. The summed E-state index contributed by atoms with van der Waals surface area (Å²) in [4.78, 5) is 20.2. The first kappa shape index (κ1) is 16.0. The van der Waals surface area contributed by atoms with E-state index in [-0.39, 0.29) is 17.7 Å². The molecular formula is C16H25N5O2. The van der Waals surface area contributed by atoms with Gasteiger partial charge in [0.1, 0.15) is 5.82 Å². The van der Waals surface area contributed by atoms with E-state index < -0.39 is 5.91 Å². The van der Waals surface area contributed by atoms with Gasteiger partial charge in [-0.2, -0.15) is 4.98 Å². The Morgan fingerprint density at radius 3 is 2.83 bits per heavy atom. The van der Waals surface area contributed by atoms with Gasteiger partial charge in [0, 0.05) is 18.8 Å². The van der Waals surface area contributed by atoms with E-state index in [0.717, 1.165) is 19.4 Å². The number of nitrogens with two attached hydrogens (primary N) is 1. The van der Waals surface area contributed by atoms with Crippen LogP contribution in [0.3, 0.4) is 0 Å². The van der Waals surface area contributed by atoms with Crippen LogP contribution >= 0.6 is 0 Å². The molecule has 0 aliphatic heterocycles. The molecule has 2 aliphatic rings. The second kappa shape index (κ2) is 6.70. The Bertz CT molecular complexity index is 576. The van der Waals surface area contributed by atoms with E-state index in [4.69, 9.17) is 5.73 Å². The molecule has 126 valence electrons. The van der Waals surface area contributed by atoms with E-state index in [0.29, 0.717) is 30.0 Å². The minimum atomic E-state index is -0.550. The first-order valence-corrected chi connectivity index (χ1v) is 8.38. The van der Waals surface area contributed by atoms with Crippen LogP contribution in [0.1, 0.15) is 49.4 Å². The van der Waals surface area contributed by atoms with Gasteiger partial charge in [-0.15, -0.1) is 0 Å². The SMILES string of the molecule is C[C@@H]1CC[C@@H](Nc2nc(NCC3CC3)ncc2C(N)=O)C[C@H]1O. The Hall–Kier alpha value is -1.89. The van der Waals surface area contributed by atoms with Crippen molar-refractivity contribution in [3.63, 3.8) is 0 Å². The summed E-state index contributed by atoms with van der Waals surface area (Å²) in [6.07, 6.45) is 6.16. The Labute approximate surface area is 136 Å². The average molecular weight is 319 g/mol. The molecule has 2 saturated carbocycles. The van der Waals surface area contributed by atoms with Crippen molar-refractivity contribution in [1.29, 1.82) is 0 Å². The molecule has 5 N–H and O–H groups in total. The molecule has 1 aromatic rings. The number of aromatic nitrogens is 2. The molecule has 0 saturated heterocycles. The third kappa shape index (κ3) is 4.10. The minimum Gasteiger partial charge on any atom is -0.393 e. The quantitative estimate of drug-likeness (QED) is 0.629. The number of carbonyl (C=O) groups excluding carboxylic acids is 1. The smallest absolute Gasteiger partial charge is 0.254 e. The number of anilines is 2. The number of aliphatic hydroxyl groups excluding tert-OH is 1. The molecule has 0 spiro atoms. The molecule has 0 bridgehead atoms. The zero-order chi connectivity index (χ0) is 16.4. The molecule has 1 amide bonds. The monoisotopic (exact) mass is 319 g/mol. The topological polar surface area (TPSA) is 113 Å². The van der Waals surface area contributed by atoms with E-state index in [1.165, 1.54) is 19.0 Å². The maximum absolute atomic E-state index is 11.6. The fraction of sp³-hybridized carbons (Fsp3) is 0.688. The van der Waals surface area contributed by atoms with Gasteiger partial charge in [-0.05, 0) is 43.9 Å². The maximum atomic E-state index is 11.6. The van der Waals surface area contributed by atoms with Gasteiger partial charge in [0.25, 0.3) is 5.91 Å². The van der Waals surface area contributed by atoms with Crippen LogP contribution in [0, 0.1) is 11.8 Å². The van der Waals surface area contributed by atoms with Gasteiger partial charge in [-0.1, -0.05) is 6.92 Å². The van der Waals surface area contributed by atoms with Crippen molar-refractivity contribution in [3.8, 4) is 0 Å². The third-order valence-corrected chi connectivity index (χ3v) is 4.79. The highest BCUT2D eigenvalue weighted by Crippen LogP contribution is 2.29. The lowest BCUT2D eigenvalue weighted by molar-refractivity contribution is 0.0739. The van der Waals surface area contributed by atoms with Gasteiger partial charge >= 0.3 is 0 Å². The van der Waals surface area contributed by atoms with Crippen molar-refractivity contribution in [2.75, 3.05) is 17.2 Å². The van der Waals surface area contributed by atoms with Gasteiger partial charge in [-0.3, -0.25) is 4.79 Å². The molecule has 1 heterocycles. The van der Waals surface area contributed by atoms with Gasteiger partial charge in [0.05, 0.1) is 11.7 Å². The van der Waals surface area contributed by atoms with Gasteiger partial charge in [0.2, 0.25) is 5.95 Å². The van der Waals surface area contributed by atoms with Crippen molar-refractivity contribution in [3.05, 3.63) is 11.8 Å². The summed E-state index contributed by atoms with van der Waals surface area (Å²) in [6.45, 7) is 2.91. The number of rotatable bonds is 6. The van der Waals surface area contributed by atoms with Crippen molar-refractivity contribution in [2.45, 2.75) is 51.2 Å². The number of primary amides is 1. The van der Waals surface area contributed by atoms with Gasteiger partial charge < -0.3 is 21.5 Å². The summed E-state index contributed by atoms with van der Waals surface area (Å²) in [7, 11) is 0. The summed E-state index contributed by atoms with van der Waals surface area (Å²) >= 11 is 0. The molecule has 7 heteroatoms. The predicted octanol–water partition coefficient (Wildman–Crippen LogP) is 1.36. The molecule has 0 unspecified atom stereocenters. The molecule has 7 nitrogen and oxygen atoms in total. The Morgan fingerprint density at radius 2 is 2.17 bits per heavy atom. The third-order valence-electron chi connectivity index (χ3n) is 4.79. The average Bonchev–Trinajstić information content (AvgIpc) is 3.33. The Morgan fingerprint density at radius 1 is 1.39 bits per heavy atom. The normalized spacial score (nSPS) is 27.5. The van der Waals surface area contributed by atoms with Crippen molar-refractivity contribution >= 4 is 17.7 Å². The number of nitrogens with one attached hydrogen (secondary N) is 2. The zero-order valence-electron chi connectivity index (χ0n) is 13.5. The molecule has 1 aromatic heterocycles. The second-order valence-electron chi connectivity index (χ2n) is 6.84. The molecule has 0 aromatic carbocycles. The highest BCUT2D eigenvalue weighted by atomic mass is 16.3. The van der Waals surface area contributed by atoms with Crippen LogP contribution in [0.4, 0.5) is 11.8 Å². The first-order chi connectivity index (χ1) is 11.0. The Balaban J connectivity index is 1.71. The van der Waals surface area contributed by atoms with E-state index in [1.807, 2.05) is 0 Å². The fourth-order valence-electron chi connectivity index (χ4n) is 2.94. The highest BCUT2D eigenvalue weighted by Gasteiger charge is 2.27. The summed E-state index contributed by atoms with van der Waals surface area (Å²) in [5.41, 5.74) is 5.71. The standard InChI is InChI=1S/C16H25N5O2/c1-9-2-5-11(6-13(9)22)20-15-12(14(17)23)8-19-16(21-15)18-7-10-3-4-10/h8-11,13,22H,2-7H2,1H3,(H2,17,23)(H2,18,19,20,21)/t9-,11-,13-/m1/s1. The molecule has 3 atom stereocenters. The van der Waals surface area contributed by atoms with Crippen molar-refractivity contribution in [2.24, 2.45) is 17.6 Å². The van der Waals surface area contributed by atoms with Crippen LogP contribution in [-0.2, 0) is 0 Å². The minimum absolute atomic E-state index is 0.0884.